The zero-order valence-corrected chi connectivity index (χ0v) is 9.97. The van der Waals surface area contributed by atoms with Crippen LogP contribution in [-0.2, 0) is 11.3 Å². The van der Waals surface area contributed by atoms with Gasteiger partial charge in [-0.05, 0) is 13.8 Å². The molecule has 2 N–H and O–H groups in total. The summed E-state index contributed by atoms with van der Waals surface area (Å²) in [5.74, 6) is -1.14. The van der Waals surface area contributed by atoms with Crippen molar-refractivity contribution < 1.29 is 9.90 Å². The quantitative estimate of drug-likeness (QED) is 0.804. The van der Waals surface area contributed by atoms with Crippen LogP contribution in [0, 0.1) is 12.8 Å². The number of nitrogens with zero attached hydrogens (tertiary/aromatic N) is 1. The number of thiazole rings is 1. The van der Waals surface area contributed by atoms with E-state index in [-0.39, 0.29) is 12.0 Å². The molecule has 0 saturated carbocycles. The van der Waals surface area contributed by atoms with E-state index >= 15 is 0 Å². The fourth-order valence-corrected chi connectivity index (χ4v) is 1.89. The minimum Gasteiger partial charge on any atom is -0.481 e. The van der Waals surface area contributed by atoms with Crippen molar-refractivity contribution in [3.8, 4) is 0 Å². The van der Waals surface area contributed by atoms with Gasteiger partial charge in [0.15, 0.2) is 0 Å². The van der Waals surface area contributed by atoms with E-state index in [1.54, 1.807) is 18.3 Å². The van der Waals surface area contributed by atoms with Crippen LogP contribution in [0.1, 0.15) is 23.7 Å². The van der Waals surface area contributed by atoms with Crippen molar-refractivity contribution in [2.75, 3.05) is 0 Å². The third-order valence-electron chi connectivity index (χ3n) is 2.41. The number of carboxylic acids is 1. The minimum absolute atomic E-state index is 0.0371. The van der Waals surface area contributed by atoms with Crippen LogP contribution in [0.25, 0.3) is 0 Å². The molecule has 0 spiro atoms. The van der Waals surface area contributed by atoms with Crippen molar-refractivity contribution in [3.63, 3.8) is 0 Å². The lowest BCUT2D eigenvalue weighted by molar-refractivity contribution is -0.141. The van der Waals surface area contributed by atoms with Gasteiger partial charge in [0.05, 0.1) is 10.9 Å². The molecule has 15 heavy (non-hydrogen) atoms. The summed E-state index contributed by atoms with van der Waals surface area (Å²) in [7, 11) is 0. The van der Waals surface area contributed by atoms with Crippen molar-refractivity contribution in [3.05, 3.63) is 16.1 Å². The molecule has 0 radical (unpaired) electrons. The van der Waals surface area contributed by atoms with Crippen LogP contribution in [0.2, 0.25) is 0 Å². The lowest BCUT2D eigenvalue weighted by Gasteiger charge is -2.16. The minimum atomic E-state index is -0.768. The highest BCUT2D eigenvalue weighted by Gasteiger charge is 2.18. The smallest absolute Gasteiger partial charge is 0.307 e. The predicted octanol–water partition coefficient (Wildman–Crippen LogP) is 1.65. The van der Waals surface area contributed by atoms with Gasteiger partial charge >= 0.3 is 5.97 Å². The van der Waals surface area contributed by atoms with Crippen LogP contribution in [-0.4, -0.2) is 22.1 Å². The second-order valence-electron chi connectivity index (χ2n) is 3.64. The van der Waals surface area contributed by atoms with Crippen molar-refractivity contribution in [2.45, 2.75) is 33.4 Å². The van der Waals surface area contributed by atoms with Crippen LogP contribution in [0.5, 0.6) is 0 Å². The molecule has 2 unspecified atom stereocenters. The van der Waals surface area contributed by atoms with Crippen molar-refractivity contribution in [1.82, 2.24) is 10.3 Å². The number of hydrogen-bond acceptors (Lipinski definition) is 4. The van der Waals surface area contributed by atoms with E-state index in [9.17, 15) is 4.79 Å². The Morgan fingerprint density at radius 3 is 2.80 bits per heavy atom. The first-order chi connectivity index (χ1) is 7.00. The van der Waals surface area contributed by atoms with E-state index in [0.717, 1.165) is 9.88 Å². The Morgan fingerprint density at radius 2 is 2.33 bits per heavy atom. The summed E-state index contributed by atoms with van der Waals surface area (Å²) in [6, 6.07) is -0.0371. The Balaban J connectivity index is 2.40. The van der Waals surface area contributed by atoms with Crippen molar-refractivity contribution >= 4 is 17.3 Å². The molecule has 0 aliphatic carbocycles. The molecule has 0 aliphatic heterocycles. The van der Waals surface area contributed by atoms with E-state index in [1.165, 1.54) is 0 Å². The van der Waals surface area contributed by atoms with Gasteiger partial charge in [0, 0.05) is 23.7 Å². The van der Waals surface area contributed by atoms with Gasteiger partial charge in [-0.3, -0.25) is 4.79 Å². The fourth-order valence-electron chi connectivity index (χ4n) is 1.14. The first kappa shape index (κ1) is 12.1. The van der Waals surface area contributed by atoms with Gasteiger partial charge in [0.1, 0.15) is 0 Å². The van der Waals surface area contributed by atoms with Gasteiger partial charge in [0.2, 0.25) is 0 Å². The summed E-state index contributed by atoms with van der Waals surface area (Å²) in [5.41, 5.74) is 0. The molecule has 1 aromatic heterocycles. The molecule has 0 aliphatic rings. The molecule has 1 rings (SSSR count). The van der Waals surface area contributed by atoms with Gasteiger partial charge in [-0.15, -0.1) is 11.3 Å². The maximum Gasteiger partial charge on any atom is 0.307 e. The monoisotopic (exact) mass is 228 g/mol. The Labute approximate surface area is 93.4 Å². The molecular formula is C10H16N2O2S. The molecule has 0 saturated heterocycles. The average molecular weight is 228 g/mol. The number of rotatable bonds is 5. The van der Waals surface area contributed by atoms with E-state index in [4.69, 9.17) is 5.11 Å². The molecule has 84 valence electrons. The maximum absolute atomic E-state index is 10.7. The number of nitrogens with one attached hydrogen (secondary N) is 1. The number of hydrogen-bond donors (Lipinski definition) is 2. The SMILES string of the molecule is Cc1ncc(CNC(C)C(C)C(=O)O)s1. The highest BCUT2D eigenvalue weighted by Crippen LogP contribution is 2.12. The number of carboxylic acid groups (broad SMARTS) is 1. The van der Waals surface area contributed by atoms with Crippen LogP contribution in [0.3, 0.4) is 0 Å². The van der Waals surface area contributed by atoms with Crippen molar-refractivity contribution in [2.24, 2.45) is 5.92 Å². The zero-order chi connectivity index (χ0) is 11.4. The molecule has 1 heterocycles. The highest BCUT2D eigenvalue weighted by atomic mass is 32.1. The topological polar surface area (TPSA) is 62.2 Å². The molecule has 0 amide bonds. The normalized spacial score (nSPS) is 14.9. The van der Waals surface area contributed by atoms with E-state index in [2.05, 4.69) is 10.3 Å². The molecular weight excluding hydrogens is 212 g/mol. The third-order valence-corrected chi connectivity index (χ3v) is 3.32. The second kappa shape index (κ2) is 5.23. The molecule has 1 aromatic rings. The molecule has 5 heteroatoms. The summed E-state index contributed by atoms with van der Waals surface area (Å²) in [6.07, 6.45) is 1.82. The van der Waals surface area contributed by atoms with Gasteiger partial charge in [0.25, 0.3) is 0 Å². The first-order valence-corrected chi connectivity index (χ1v) is 5.70. The van der Waals surface area contributed by atoms with Crippen molar-refractivity contribution in [1.29, 1.82) is 0 Å². The zero-order valence-electron chi connectivity index (χ0n) is 9.15. The predicted molar refractivity (Wildman–Crippen MR) is 60.0 cm³/mol. The lowest BCUT2D eigenvalue weighted by atomic mass is 10.0. The fraction of sp³-hybridized carbons (Fsp3) is 0.600. The van der Waals surface area contributed by atoms with Crippen LogP contribution in [0.4, 0.5) is 0 Å². The number of aliphatic carboxylic acids is 1. The van der Waals surface area contributed by atoms with Crippen LogP contribution in [0.15, 0.2) is 6.20 Å². The standard InChI is InChI=1S/C10H16N2O2S/c1-6(10(13)14)7(2)11-4-9-5-12-8(3)15-9/h5-7,11H,4H2,1-3H3,(H,13,14). The summed E-state index contributed by atoms with van der Waals surface area (Å²) in [5, 5.41) is 13.0. The van der Waals surface area contributed by atoms with E-state index in [0.29, 0.717) is 6.54 Å². The van der Waals surface area contributed by atoms with E-state index < -0.39 is 5.97 Å². The van der Waals surface area contributed by atoms with Gasteiger partial charge in [-0.2, -0.15) is 0 Å². The molecule has 0 aromatic carbocycles. The molecule has 4 nitrogen and oxygen atoms in total. The Bertz CT molecular complexity index is 338. The van der Waals surface area contributed by atoms with Gasteiger partial charge < -0.3 is 10.4 Å². The van der Waals surface area contributed by atoms with E-state index in [1.807, 2.05) is 20.0 Å². The molecule has 0 bridgehead atoms. The van der Waals surface area contributed by atoms with Gasteiger partial charge in [-0.25, -0.2) is 4.98 Å². The third kappa shape index (κ3) is 3.60. The number of aryl methyl sites for hydroxylation is 1. The highest BCUT2D eigenvalue weighted by molar-refractivity contribution is 7.11. The molecule has 0 fully saturated rings. The van der Waals surface area contributed by atoms with Crippen LogP contribution < -0.4 is 5.32 Å². The Hall–Kier alpha value is -0.940. The second-order valence-corrected chi connectivity index (χ2v) is 4.96. The first-order valence-electron chi connectivity index (χ1n) is 4.88. The Kier molecular flexibility index (Phi) is 4.23. The maximum atomic E-state index is 10.7. The molecule has 2 atom stereocenters. The summed E-state index contributed by atoms with van der Waals surface area (Å²) < 4.78 is 0. The average Bonchev–Trinajstić information content (AvgIpc) is 2.59. The number of carbonyl (C=O) groups is 1. The summed E-state index contributed by atoms with van der Waals surface area (Å²) >= 11 is 1.63. The van der Waals surface area contributed by atoms with Crippen LogP contribution >= 0.6 is 11.3 Å². The number of aromatic nitrogens is 1. The summed E-state index contributed by atoms with van der Waals surface area (Å²) in [6.45, 7) is 6.23. The lowest BCUT2D eigenvalue weighted by Crippen LogP contribution is -2.35. The Morgan fingerprint density at radius 1 is 1.67 bits per heavy atom. The summed E-state index contributed by atoms with van der Waals surface area (Å²) in [4.78, 5) is 16.0. The van der Waals surface area contributed by atoms with Gasteiger partial charge in [-0.1, -0.05) is 6.92 Å². The largest absolute Gasteiger partial charge is 0.481 e.